The zero-order valence-electron chi connectivity index (χ0n) is 14.1. The molecule has 5 heteroatoms. The van der Waals surface area contributed by atoms with Crippen molar-refractivity contribution < 1.29 is 14.4 Å². The maximum Gasteiger partial charge on any atom is 0.258 e. The molecule has 0 fully saturated rings. The molecule has 0 bridgehead atoms. The van der Waals surface area contributed by atoms with Crippen LogP contribution in [0.2, 0.25) is 0 Å². The fraction of sp³-hybridized carbons (Fsp3) is 0.316. The van der Waals surface area contributed by atoms with E-state index in [9.17, 15) is 4.79 Å². The molecule has 0 spiro atoms. The van der Waals surface area contributed by atoms with Crippen LogP contribution in [0.25, 0.3) is 0 Å². The van der Waals surface area contributed by atoms with Gasteiger partial charge in [0.2, 0.25) is 0 Å². The van der Waals surface area contributed by atoms with Crippen molar-refractivity contribution in [3.05, 3.63) is 64.6 Å². The topological polar surface area (TPSA) is 42.8 Å². The lowest BCUT2D eigenvalue weighted by Crippen LogP contribution is -3.11. The summed E-state index contributed by atoms with van der Waals surface area (Å²) in [5.74, 6) is 0.577. The summed E-state index contributed by atoms with van der Waals surface area (Å²) in [5.41, 5.74) is 1.28. The van der Waals surface area contributed by atoms with E-state index in [-0.39, 0.29) is 12.5 Å². The van der Waals surface area contributed by atoms with Gasteiger partial charge < -0.3 is 15.0 Å². The monoisotopic (exact) mass is 391 g/mol. The van der Waals surface area contributed by atoms with Crippen molar-refractivity contribution in [2.45, 2.75) is 12.5 Å². The SMILES string of the molecule is C[NH+](C)[C@@H](CNC(=O)COc1cccc(Br)c1)Cc1ccccc1. The van der Waals surface area contributed by atoms with Crippen molar-refractivity contribution >= 4 is 21.8 Å². The first kappa shape index (κ1) is 18.5. The Bertz CT molecular complexity index is 647. The molecule has 0 aromatic heterocycles. The van der Waals surface area contributed by atoms with Gasteiger partial charge in [0.05, 0.1) is 20.6 Å². The highest BCUT2D eigenvalue weighted by atomic mass is 79.9. The highest BCUT2D eigenvalue weighted by Gasteiger charge is 2.17. The summed E-state index contributed by atoms with van der Waals surface area (Å²) in [7, 11) is 4.22. The molecule has 2 N–H and O–H groups in total. The third-order valence-electron chi connectivity index (χ3n) is 3.85. The Balaban J connectivity index is 1.79. The molecule has 2 rings (SSSR count). The molecule has 1 amide bonds. The number of nitrogens with one attached hydrogen (secondary N) is 2. The van der Waals surface area contributed by atoms with Gasteiger partial charge in [0, 0.05) is 10.9 Å². The molecule has 0 aliphatic rings. The zero-order chi connectivity index (χ0) is 17.4. The molecule has 2 aromatic carbocycles. The van der Waals surface area contributed by atoms with E-state index in [1.807, 2.05) is 42.5 Å². The molecule has 0 unspecified atom stereocenters. The molecule has 0 radical (unpaired) electrons. The number of quaternary nitrogens is 1. The van der Waals surface area contributed by atoms with E-state index in [2.05, 4.69) is 47.5 Å². The van der Waals surface area contributed by atoms with Crippen LogP contribution in [0.3, 0.4) is 0 Å². The van der Waals surface area contributed by atoms with Crippen LogP contribution in [0.4, 0.5) is 0 Å². The number of amides is 1. The van der Waals surface area contributed by atoms with Crippen LogP contribution >= 0.6 is 15.9 Å². The lowest BCUT2D eigenvalue weighted by atomic mass is 10.1. The molecule has 0 aliphatic carbocycles. The summed E-state index contributed by atoms with van der Waals surface area (Å²) < 4.78 is 6.44. The second-order valence-electron chi connectivity index (χ2n) is 6.01. The quantitative estimate of drug-likeness (QED) is 0.718. The number of rotatable bonds is 8. The Kier molecular flexibility index (Phi) is 7.28. The molecule has 24 heavy (non-hydrogen) atoms. The predicted octanol–water partition coefficient (Wildman–Crippen LogP) is 1.70. The maximum absolute atomic E-state index is 12.0. The van der Waals surface area contributed by atoms with Crippen LogP contribution in [0.1, 0.15) is 5.56 Å². The van der Waals surface area contributed by atoms with Crippen molar-refractivity contribution in [2.75, 3.05) is 27.2 Å². The minimum Gasteiger partial charge on any atom is -0.484 e. The van der Waals surface area contributed by atoms with Gasteiger partial charge in [-0.25, -0.2) is 0 Å². The van der Waals surface area contributed by atoms with Crippen molar-refractivity contribution in [2.24, 2.45) is 0 Å². The molecule has 2 aromatic rings. The van der Waals surface area contributed by atoms with Crippen LogP contribution in [0, 0.1) is 0 Å². The lowest BCUT2D eigenvalue weighted by molar-refractivity contribution is -0.884. The van der Waals surface area contributed by atoms with Gasteiger partial charge in [-0.1, -0.05) is 52.3 Å². The number of likely N-dealkylation sites (N-methyl/N-ethyl adjacent to an activating group) is 1. The third kappa shape index (κ3) is 6.34. The molecule has 4 nitrogen and oxygen atoms in total. The van der Waals surface area contributed by atoms with E-state index in [1.54, 1.807) is 0 Å². The van der Waals surface area contributed by atoms with Crippen molar-refractivity contribution in [1.29, 1.82) is 0 Å². The maximum atomic E-state index is 12.0. The normalized spacial score (nSPS) is 12.0. The van der Waals surface area contributed by atoms with Gasteiger partial charge in [-0.05, 0) is 23.8 Å². The van der Waals surface area contributed by atoms with Gasteiger partial charge in [-0.15, -0.1) is 0 Å². The Morgan fingerprint density at radius 1 is 1.17 bits per heavy atom. The van der Waals surface area contributed by atoms with Crippen molar-refractivity contribution in [3.8, 4) is 5.75 Å². The Morgan fingerprint density at radius 3 is 2.58 bits per heavy atom. The molecule has 128 valence electrons. The molecule has 0 aliphatic heterocycles. The molecule has 0 heterocycles. The minimum atomic E-state index is -0.103. The van der Waals surface area contributed by atoms with E-state index in [1.165, 1.54) is 10.5 Å². The Morgan fingerprint density at radius 2 is 1.92 bits per heavy atom. The van der Waals surface area contributed by atoms with Crippen LogP contribution in [0.5, 0.6) is 5.75 Å². The van der Waals surface area contributed by atoms with Crippen LogP contribution in [0.15, 0.2) is 59.1 Å². The number of ether oxygens (including phenoxy) is 1. The minimum absolute atomic E-state index is 0.0251. The van der Waals surface area contributed by atoms with Crippen LogP contribution in [-0.4, -0.2) is 39.2 Å². The van der Waals surface area contributed by atoms with Gasteiger partial charge in [-0.3, -0.25) is 4.79 Å². The predicted molar refractivity (Wildman–Crippen MR) is 99.4 cm³/mol. The number of hydrogen-bond donors (Lipinski definition) is 2. The van der Waals surface area contributed by atoms with E-state index in [0.29, 0.717) is 18.3 Å². The average molecular weight is 392 g/mol. The lowest BCUT2D eigenvalue weighted by Gasteiger charge is -2.22. The van der Waals surface area contributed by atoms with E-state index in [4.69, 9.17) is 4.74 Å². The second kappa shape index (κ2) is 9.45. The Hall–Kier alpha value is -1.85. The van der Waals surface area contributed by atoms with Crippen LogP contribution < -0.4 is 15.0 Å². The van der Waals surface area contributed by atoms with Crippen LogP contribution in [-0.2, 0) is 11.2 Å². The van der Waals surface area contributed by atoms with E-state index >= 15 is 0 Å². The number of carbonyl (C=O) groups excluding carboxylic acids is 1. The summed E-state index contributed by atoms with van der Waals surface area (Å²) in [6.45, 7) is 0.648. The highest BCUT2D eigenvalue weighted by molar-refractivity contribution is 9.10. The smallest absolute Gasteiger partial charge is 0.258 e. The first-order valence-corrected chi connectivity index (χ1v) is 8.83. The highest BCUT2D eigenvalue weighted by Crippen LogP contribution is 2.17. The molecular formula is C19H24BrN2O2+. The summed E-state index contributed by atoms with van der Waals surface area (Å²) in [5, 5.41) is 2.97. The van der Waals surface area contributed by atoms with Gasteiger partial charge >= 0.3 is 0 Å². The number of benzene rings is 2. The molecule has 0 saturated heterocycles. The largest absolute Gasteiger partial charge is 0.484 e. The van der Waals surface area contributed by atoms with Gasteiger partial charge in [0.1, 0.15) is 11.8 Å². The van der Waals surface area contributed by atoms with Gasteiger partial charge in [0.25, 0.3) is 5.91 Å². The third-order valence-corrected chi connectivity index (χ3v) is 4.35. The average Bonchev–Trinajstić information content (AvgIpc) is 2.57. The van der Waals surface area contributed by atoms with Crippen molar-refractivity contribution in [3.63, 3.8) is 0 Å². The first-order chi connectivity index (χ1) is 11.5. The van der Waals surface area contributed by atoms with E-state index in [0.717, 1.165) is 10.9 Å². The standard InChI is InChI=1S/C19H23BrN2O2/c1-22(2)17(11-15-7-4-3-5-8-15)13-21-19(23)14-24-18-10-6-9-16(20)12-18/h3-10,12,17H,11,13-14H2,1-2H3,(H,21,23)/p+1/t17-/m1/s1. The summed E-state index contributed by atoms with van der Waals surface area (Å²) in [4.78, 5) is 13.3. The molecular weight excluding hydrogens is 368 g/mol. The van der Waals surface area contributed by atoms with E-state index < -0.39 is 0 Å². The van der Waals surface area contributed by atoms with Gasteiger partial charge in [0.15, 0.2) is 6.61 Å². The molecule has 0 saturated carbocycles. The summed E-state index contributed by atoms with van der Waals surface area (Å²) in [6, 6.07) is 18.1. The zero-order valence-corrected chi connectivity index (χ0v) is 15.7. The number of hydrogen-bond acceptors (Lipinski definition) is 2. The summed E-state index contributed by atoms with van der Waals surface area (Å²) in [6.07, 6.45) is 0.927. The van der Waals surface area contributed by atoms with Gasteiger partial charge in [-0.2, -0.15) is 0 Å². The molecule has 1 atom stereocenters. The fourth-order valence-electron chi connectivity index (χ4n) is 2.37. The van der Waals surface area contributed by atoms with Crippen molar-refractivity contribution in [1.82, 2.24) is 5.32 Å². The Labute approximate surface area is 151 Å². The summed E-state index contributed by atoms with van der Waals surface area (Å²) >= 11 is 3.38. The first-order valence-electron chi connectivity index (χ1n) is 8.03. The number of carbonyl (C=O) groups is 1. The fourth-order valence-corrected chi connectivity index (χ4v) is 2.75. The second-order valence-corrected chi connectivity index (χ2v) is 6.93. The number of halogens is 1.